The highest BCUT2D eigenvalue weighted by Gasteiger charge is 2.33. The summed E-state index contributed by atoms with van der Waals surface area (Å²) in [6, 6.07) is 11.1. The van der Waals surface area contributed by atoms with Crippen molar-refractivity contribution in [3.05, 3.63) is 70.4 Å². The van der Waals surface area contributed by atoms with E-state index in [-0.39, 0.29) is 27.9 Å². The number of para-hydroxylation sites is 2. The van der Waals surface area contributed by atoms with Crippen molar-refractivity contribution < 1.29 is 17.9 Å². The molecule has 1 amide bonds. The molecule has 1 atom stereocenters. The summed E-state index contributed by atoms with van der Waals surface area (Å²) in [4.78, 5) is 28.0. The molecule has 0 saturated carbocycles. The van der Waals surface area contributed by atoms with Gasteiger partial charge in [0.05, 0.1) is 18.5 Å². The van der Waals surface area contributed by atoms with Gasteiger partial charge < -0.3 is 15.0 Å². The Morgan fingerprint density at radius 3 is 2.62 bits per heavy atom. The molecular formula is C24H28N4O5S. The number of carbonyl (C=O) groups excluding carboxylic acids is 1. The van der Waals surface area contributed by atoms with Gasteiger partial charge in [0.1, 0.15) is 10.6 Å². The minimum atomic E-state index is -3.86. The van der Waals surface area contributed by atoms with Gasteiger partial charge in [-0.2, -0.15) is 4.31 Å². The molecule has 3 aromatic rings. The molecule has 180 valence electrons. The van der Waals surface area contributed by atoms with Crippen molar-refractivity contribution in [1.29, 1.82) is 0 Å². The molecule has 1 aliphatic rings. The number of nitrogens with one attached hydrogen (secondary N) is 2. The van der Waals surface area contributed by atoms with Crippen LogP contribution >= 0.6 is 0 Å². The van der Waals surface area contributed by atoms with E-state index in [0.717, 1.165) is 19.3 Å². The van der Waals surface area contributed by atoms with E-state index in [1.165, 1.54) is 34.2 Å². The van der Waals surface area contributed by atoms with Crippen LogP contribution in [0.25, 0.3) is 5.69 Å². The maximum atomic E-state index is 13.5. The first-order chi connectivity index (χ1) is 16.2. The number of ether oxygens (including phenoxy) is 1. The number of nitrogens with zero attached hydrogens (tertiary/aromatic N) is 2. The third-order valence-corrected chi connectivity index (χ3v) is 8.14. The molecule has 1 unspecified atom stereocenters. The van der Waals surface area contributed by atoms with Gasteiger partial charge >= 0.3 is 5.69 Å². The number of hydrogen-bond acceptors (Lipinski definition) is 5. The molecule has 0 radical (unpaired) electrons. The highest BCUT2D eigenvalue weighted by atomic mass is 32.2. The number of H-pyrrole nitrogens is 1. The van der Waals surface area contributed by atoms with Gasteiger partial charge in [-0.1, -0.05) is 18.6 Å². The van der Waals surface area contributed by atoms with Crippen LogP contribution < -0.4 is 15.7 Å². The zero-order valence-corrected chi connectivity index (χ0v) is 20.2. The summed E-state index contributed by atoms with van der Waals surface area (Å²) < 4.78 is 35.2. The summed E-state index contributed by atoms with van der Waals surface area (Å²) >= 11 is 0. The van der Waals surface area contributed by atoms with E-state index in [4.69, 9.17) is 4.74 Å². The van der Waals surface area contributed by atoms with Gasteiger partial charge in [-0.25, -0.2) is 13.2 Å². The number of sulfonamides is 1. The number of anilines is 1. The zero-order valence-electron chi connectivity index (χ0n) is 19.4. The highest BCUT2D eigenvalue weighted by molar-refractivity contribution is 7.89. The molecule has 10 heteroatoms. The first-order valence-electron chi connectivity index (χ1n) is 11.1. The minimum absolute atomic E-state index is 0.0395. The molecule has 9 nitrogen and oxygen atoms in total. The van der Waals surface area contributed by atoms with E-state index in [1.807, 2.05) is 6.92 Å². The Morgan fingerprint density at radius 1 is 1.18 bits per heavy atom. The summed E-state index contributed by atoms with van der Waals surface area (Å²) in [5, 5.41) is 2.81. The lowest BCUT2D eigenvalue weighted by atomic mass is 10.1. The number of piperidine rings is 1. The highest BCUT2D eigenvalue weighted by Crippen LogP contribution is 2.32. The Labute approximate surface area is 198 Å². The van der Waals surface area contributed by atoms with Crippen molar-refractivity contribution in [1.82, 2.24) is 13.9 Å². The summed E-state index contributed by atoms with van der Waals surface area (Å²) in [6.45, 7) is 4.10. The molecule has 2 aromatic carbocycles. The maximum absolute atomic E-state index is 13.5. The van der Waals surface area contributed by atoms with E-state index >= 15 is 0 Å². The average Bonchev–Trinajstić information content (AvgIpc) is 3.16. The maximum Gasteiger partial charge on any atom is 0.330 e. The fourth-order valence-corrected chi connectivity index (χ4v) is 6.18. The van der Waals surface area contributed by atoms with Crippen molar-refractivity contribution >= 4 is 21.6 Å². The summed E-state index contributed by atoms with van der Waals surface area (Å²) in [6.07, 6.45) is 4.15. The predicted octanol–water partition coefficient (Wildman–Crippen LogP) is 3.30. The summed E-state index contributed by atoms with van der Waals surface area (Å²) in [5.41, 5.74) is 1.44. The first-order valence-corrected chi connectivity index (χ1v) is 12.6. The Bertz CT molecular complexity index is 1380. The first kappa shape index (κ1) is 23.8. The minimum Gasteiger partial charge on any atom is -0.495 e. The molecule has 1 aliphatic heterocycles. The van der Waals surface area contributed by atoms with Crippen LogP contribution in [0.2, 0.25) is 0 Å². The number of methoxy groups -OCH3 is 1. The molecule has 1 saturated heterocycles. The molecule has 4 rings (SSSR count). The van der Waals surface area contributed by atoms with E-state index < -0.39 is 15.9 Å². The predicted molar refractivity (Wildman–Crippen MR) is 129 cm³/mol. The van der Waals surface area contributed by atoms with Crippen LogP contribution in [0.15, 0.2) is 58.4 Å². The van der Waals surface area contributed by atoms with E-state index in [9.17, 15) is 18.0 Å². The van der Waals surface area contributed by atoms with Gasteiger partial charge in [0.15, 0.2) is 0 Å². The molecular weight excluding hydrogens is 456 g/mol. The lowest BCUT2D eigenvalue weighted by Gasteiger charge is -2.32. The number of aryl methyl sites for hydroxylation is 1. The van der Waals surface area contributed by atoms with Crippen molar-refractivity contribution in [2.24, 2.45) is 0 Å². The lowest BCUT2D eigenvalue weighted by Crippen LogP contribution is -2.42. The smallest absolute Gasteiger partial charge is 0.330 e. The molecule has 1 aromatic heterocycles. The quantitative estimate of drug-likeness (QED) is 0.557. The Hall–Kier alpha value is -3.37. The van der Waals surface area contributed by atoms with Crippen molar-refractivity contribution in [2.75, 3.05) is 19.0 Å². The van der Waals surface area contributed by atoms with Gasteiger partial charge in [0, 0.05) is 30.0 Å². The SMILES string of the molecule is COc1ccc(C(=O)Nc2ccccc2-n2c(C)c[nH]c2=O)cc1S(=O)(=O)N1CCCCC1C. The Balaban J connectivity index is 1.70. The Kier molecular flexibility index (Phi) is 6.63. The number of aromatic nitrogens is 2. The fraction of sp³-hybridized carbons (Fsp3) is 0.333. The molecule has 2 heterocycles. The lowest BCUT2D eigenvalue weighted by molar-refractivity contribution is 0.102. The second kappa shape index (κ2) is 9.47. The summed E-state index contributed by atoms with van der Waals surface area (Å²) in [7, 11) is -2.46. The zero-order chi connectivity index (χ0) is 24.5. The molecule has 0 aliphatic carbocycles. The average molecular weight is 485 g/mol. The van der Waals surface area contributed by atoms with E-state index in [0.29, 0.717) is 23.6 Å². The van der Waals surface area contributed by atoms with Crippen LogP contribution in [0.3, 0.4) is 0 Å². The number of carbonyl (C=O) groups is 1. The van der Waals surface area contributed by atoms with Crippen molar-refractivity contribution in [3.63, 3.8) is 0 Å². The number of benzene rings is 2. The van der Waals surface area contributed by atoms with Crippen LogP contribution in [0.1, 0.15) is 42.2 Å². The van der Waals surface area contributed by atoms with Crippen LogP contribution in [-0.4, -0.2) is 47.9 Å². The van der Waals surface area contributed by atoms with Crippen LogP contribution in [0, 0.1) is 6.92 Å². The normalized spacial score (nSPS) is 16.9. The van der Waals surface area contributed by atoms with E-state index in [1.54, 1.807) is 37.4 Å². The topological polar surface area (TPSA) is 113 Å². The van der Waals surface area contributed by atoms with Gasteiger partial charge in [-0.05, 0) is 57.0 Å². The van der Waals surface area contributed by atoms with Crippen LogP contribution in [-0.2, 0) is 10.0 Å². The van der Waals surface area contributed by atoms with Gasteiger partial charge in [-0.15, -0.1) is 0 Å². The van der Waals surface area contributed by atoms with Crippen molar-refractivity contribution in [2.45, 2.75) is 44.0 Å². The molecule has 2 N–H and O–H groups in total. The second-order valence-corrected chi connectivity index (χ2v) is 10.2. The molecule has 0 bridgehead atoms. The van der Waals surface area contributed by atoms with Gasteiger partial charge in [0.25, 0.3) is 5.91 Å². The number of aromatic amines is 1. The monoisotopic (exact) mass is 484 g/mol. The third-order valence-electron chi connectivity index (χ3n) is 6.11. The van der Waals surface area contributed by atoms with Crippen molar-refractivity contribution in [3.8, 4) is 11.4 Å². The van der Waals surface area contributed by atoms with Crippen LogP contribution in [0.5, 0.6) is 5.75 Å². The molecule has 1 fully saturated rings. The Morgan fingerprint density at radius 2 is 1.94 bits per heavy atom. The molecule has 34 heavy (non-hydrogen) atoms. The van der Waals surface area contributed by atoms with Crippen LogP contribution in [0.4, 0.5) is 5.69 Å². The number of rotatable bonds is 6. The number of amides is 1. The van der Waals surface area contributed by atoms with E-state index in [2.05, 4.69) is 10.3 Å². The number of hydrogen-bond donors (Lipinski definition) is 2. The molecule has 0 spiro atoms. The second-order valence-electron chi connectivity index (χ2n) is 8.37. The fourth-order valence-electron chi connectivity index (χ4n) is 4.30. The van der Waals surface area contributed by atoms with Gasteiger partial charge in [-0.3, -0.25) is 9.36 Å². The third kappa shape index (κ3) is 4.38. The van der Waals surface area contributed by atoms with Gasteiger partial charge in [0.2, 0.25) is 10.0 Å². The number of imidazole rings is 1. The standard InChI is InChI=1S/C24H28N4O5S/c1-16-8-6-7-13-27(16)34(31,32)22-14-18(11-12-21(22)33-3)23(29)26-19-9-4-5-10-20(19)28-17(2)15-25-24(28)30/h4-5,9-12,14-16H,6-8,13H2,1-3H3,(H,25,30)(H,26,29). The largest absolute Gasteiger partial charge is 0.495 e. The summed E-state index contributed by atoms with van der Waals surface area (Å²) in [5.74, 6) is -0.316.